The van der Waals surface area contributed by atoms with E-state index >= 15 is 0 Å². The monoisotopic (exact) mass is 290 g/mol. The van der Waals surface area contributed by atoms with Crippen LogP contribution in [0.15, 0.2) is 24.5 Å². The molecule has 2 rings (SSSR count). The van der Waals surface area contributed by atoms with Crippen molar-refractivity contribution in [3.05, 3.63) is 45.7 Å². The molecule has 2 amide bonds. The van der Waals surface area contributed by atoms with Gasteiger partial charge < -0.3 is 10.6 Å². The Labute approximate surface area is 120 Å². The zero-order chi connectivity index (χ0) is 14.5. The topological polar surface area (TPSA) is 84.0 Å². The average molecular weight is 290 g/mol. The van der Waals surface area contributed by atoms with Gasteiger partial charge in [0.2, 0.25) is 0 Å². The van der Waals surface area contributed by atoms with Crippen molar-refractivity contribution in [1.29, 1.82) is 0 Å². The molecule has 0 bridgehead atoms. The van der Waals surface area contributed by atoms with Crippen LogP contribution in [0.1, 0.15) is 30.7 Å². The molecule has 0 unspecified atom stereocenters. The minimum absolute atomic E-state index is 0.196. The first kappa shape index (κ1) is 14.1. The smallest absolute Gasteiger partial charge is 0.261 e. The van der Waals surface area contributed by atoms with Crippen LogP contribution in [0.4, 0.5) is 0 Å². The quantitative estimate of drug-likeness (QED) is 0.884. The van der Waals surface area contributed by atoms with Gasteiger partial charge in [0.25, 0.3) is 11.8 Å². The number of hydrogen-bond donors (Lipinski definition) is 2. The molecule has 2 aromatic rings. The van der Waals surface area contributed by atoms with Crippen molar-refractivity contribution in [2.45, 2.75) is 13.5 Å². The Bertz CT molecular complexity index is 622. The SMILES string of the molecule is CNC(=O)c1ccc(C(=O)NCc2cnc(C)cn2)s1. The van der Waals surface area contributed by atoms with Crippen LogP contribution >= 0.6 is 11.3 Å². The van der Waals surface area contributed by atoms with E-state index in [0.717, 1.165) is 17.0 Å². The van der Waals surface area contributed by atoms with Crippen molar-refractivity contribution in [1.82, 2.24) is 20.6 Å². The molecule has 0 atom stereocenters. The lowest BCUT2D eigenvalue weighted by Crippen LogP contribution is -2.22. The van der Waals surface area contributed by atoms with E-state index in [1.165, 1.54) is 0 Å². The highest BCUT2D eigenvalue weighted by molar-refractivity contribution is 7.15. The molecule has 104 valence electrons. The van der Waals surface area contributed by atoms with E-state index in [9.17, 15) is 9.59 Å². The van der Waals surface area contributed by atoms with E-state index in [-0.39, 0.29) is 11.8 Å². The van der Waals surface area contributed by atoms with Crippen molar-refractivity contribution in [3.63, 3.8) is 0 Å². The third-order valence-corrected chi connectivity index (χ3v) is 3.63. The van der Waals surface area contributed by atoms with Gasteiger partial charge in [0.15, 0.2) is 0 Å². The van der Waals surface area contributed by atoms with Crippen molar-refractivity contribution >= 4 is 23.2 Å². The van der Waals surface area contributed by atoms with E-state index in [1.54, 1.807) is 31.6 Å². The zero-order valence-electron chi connectivity index (χ0n) is 11.1. The lowest BCUT2D eigenvalue weighted by Gasteiger charge is -2.02. The molecule has 0 saturated carbocycles. The van der Waals surface area contributed by atoms with Crippen LogP contribution < -0.4 is 10.6 Å². The highest BCUT2D eigenvalue weighted by Gasteiger charge is 2.12. The number of hydrogen-bond acceptors (Lipinski definition) is 5. The van der Waals surface area contributed by atoms with E-state index in [4.69, 9.17) is 0 Å². The van der Waals surface area contributed by atoms with Crippen LogP contribution in [0, 0.1) is 6.92 Å². The van der Waals surface area contributed by atoms with E-state index in [0.29, 0.717) is 22.0 Å². The van der Waals surface area contributed by atoms with Gasteiger partial charge in [-0.2, -0.15) is 0 Å². The molecule has 0 fully saturated rings. The van der Waals surface area contributed by atoms with Gasteiger partial charge >= 0.3 is 0 Å². The second-order valence-electron chi connectivity index (χ2n) is 4.07. The number of amides is 2. The van der Waals surface area contributed by atoms with Gasteiger partial charge in [-0.05, 0) is 19.1 Å². The fourth-order valence-corrected chi connectivity index (χ4v) is 2.34. The van der Waals surface area contributed by atoms with Crippen LogP contribution in [0.2, 0.25) is 0 Å². The number of carbonyl (C=O) groups is 2. The molecule has 0 spiro atoms. The first-order valence-corrected chi connectivity index (χ1v) is 6.79. The Hall–Kier alpha value is -2.28. The van der Waals surface area contributed by atoms with Gasteiger partial charge in [-0.1, -0.05) is 0 Å². The molecule has 0 aliphatic heterocycles. The summed E-state index contributed by atoms with van der Waals surface area (Å²) in [6.07, 6.45) is 3.27. The second kappa shape index (κ2) is 6.25. The van der Waals surface area contributed by atoms with Crippen LogP contribution in [-0.2, 0) is 6.54 Å². The lowest BCUT2D eigenvalue weighted by molar-refractivity contribution is 0.0951. The van der Waals surface area contributed by atoms with E-state index in [2.05, 4.69) is 20.6 Å². The molecule has 7 heteroatoms. The Balaban J connectivity index is 1.96. The number of thiophene rings is 1. The fourth-order valence-electron chi connectivity index (χ4n) is 1.47. The summed E-state index contributed by atoms with van der Waals surface area (Å²) in [5, 5.41) is 5.26. The summed E-state index contributed by atoms with van der Waals surface area (Å²) in [4.78, 5) is 32.6. The van der Waals surface area contributed by atoms with E-state index in [1.807, 2.05) is 6.92 Å². The summed E-state index contributed by atoms with van der Waals surface area (Å²) < 4.78 is 0. The molecular formula is C13H14N4O2S. The standard InChI is InChI=1S/C13H14N4O2S/c1-8-5-16-9(6-15-8)7-17-13(19)11-4-3-10(20-11)12(18)14-2/h3-6H,7H2,1-2H3,(H,14,18)(H,17,19). The number of rotatable bonds is 4. The average Bonchev–Trinajstić information content (AvgIpc) is 2.95. The Morgan fingerprint density at radius 3 is 2.45 bits per heavy atom. The van der Waals surface area contributed by atoms with Crippen LogP contribution in [0.3, 0.4) is 0 Å². The third kappa shape index (κ3) is 3.39. The number of carbonyl (C=O) groups excluding carboxylic acids is 2. The number of aromatic nitrogens is 2. The molecule has 0 aromatic carbocycles. The Kier molecular flexibility index (Phi) is 4.41. The fraction of sp³-hybridized carbons (Fsp3) is 0.231. The molecule has 2 heterocycles. The van der Waals surface area contributed by atoms with Gasteiger partial charge in [-0.25, -0.2) is 0 Å². The molecule has 2 N–H and O–H groups in total. The van der Waals surface area contributed by atoms with E-state index < -0.39 is 0 Å². The summed E-state index contributed by atoms with van der Waals surface area (Å²) >= 11 is 1.15. The summed E-state index contributed by atoms with van der Waals surface area (Å²) in [6, 6.07) is 3.26. The molecular weight excluding hydrogens is 276 g/mol. The number of aryl methyl sites for hydroxylation is 1. The molecule has 6 nitrogen and oxygen atoms in total. The predicted octanol–water partition coefficient (Wildman–Crippen LogP) is 1.14. The number of nitrogens with zero attached hydrogens (tertiary/aromatic N) is 2. The second-order valence-corrected chi connectivity index (χ2v) is 5.16. The van der Waals surface area contributed by atoms with Gasteiger partial charge in [-0.3, -0.25) is 19.6 Å². The third-order valence-electron chi connectivity index (χ3n) is 2.55. The zero-order valence-corrected chi connectivity index (χ0v) is 12.0. The Morgan fingerprint density at radius 1 is 1.15 bits per heavy atom. The minimum Gasteiger partial charge on any atom is -0.354 e. The van der Waals surface area contributed by atoms with Crippen molar-refractivity contribution < 1.29 is 9.59 Å². The summed E-state index contributed by atoms with van der Waals surface area (Å²) in [6.45, 7) is 2.15. The van der Waals surface area contributed by atoms with Crippen molar-refractivity contribution in [3.8, 4) is 0 Å². The molecule has 0 aliphatic rings. The molecule has 0 saturated heterocycles. The Morgan fingerprint density at radius 2 is 1.85 bits per heavy atom. The van der Waals surface area contributed by atoms with Crippen LogP contribution in [-0.4, -0.2) is 28.8 Å². The first-order chi connectivity index (χ1) is 9.60. The van der Waals surface area contributed by atoms with Crippen molar-refractivity contribution in [2.75, 3.05) is 7.05 Å². The van der Waals surface area contributed by atoms with Crippen LogP contribution in [0.25, 0.3) is 0 Å². The summed E-state index contributed by atoms with van der Waals surface area (Å²) in [7, 11) is 1.55. The molecule has 0 radical (unpaired) electrons. The lowest BCUT2D eigenvalue weighted by atomic mass is 10.3. The largest absolute Gasteiger partial charge is 0.354 e. The summed E-state index contributed by atoms with van der Waals surface area (Å²) in [5.41, 5.74) is 1.51. The highest BCUT2D eigenvalue weighted by Crippen LogP contribution is 2.16. The van der Waals surface area contributed by atoms with Gasteiger partial charge in [0, 0.05) is 13.2 Å². The first-order valence-electron chi connectivity index (χ1n) is 5.98. The molecule has 0 aliphatic carbocycles. The number of nitrogens with one attached hydrogen (secondary N) is 2. The highest BCUT2D eigenvalue weighted by atomic mass is 32.1. The normalized spacial score (nSPS) is 10.1. The maximum absolute atomic E-state index is 11.9. The predicted molar refractivity (Wildman–Crippen MR) is 75.6 cm³/mol. The van der Waals surface area contributed by atoms with Gasteiger partial charge in [-0.15, -0.1) is 11.3 Å². The maximum atomic E-state index is 11.9. The minimum atomic E-state index is -0.229. The van der Waals surface area contributed by atoms with Gasteiger partial charge in [0.1, 0.15) is 0 Å². The summed E-state index contributed by atoms with van der Waals surface area (Å²) in [5.74, 6) is -0.425. The van der Waals surface area contributed by atoms with Crippen molar-refractivity contribution in [2.24, 2.45) is 0 Å². The van der Waals surface area contributed by atoms with Gasteiger partial charge in [0.05, 0.1) is 33.9 Å². The molecule has 20 heavy (non-hydrogen) atoms. The molecule has 2 aromatic heterocycles. The maximum Gasteiger partial charge on any atom is 0.261 e. The van der Waals surface area contributed by atoms with Crippen LogP contribution in [0.5, 0.6) is 0 Å².